The number of fused-ring (bicyclic) bond motifs is 1. The number of allylic oxidation sites excluding steroid dienone is 3. The molecule has 7 aromatic rings. The van der Waals surface area contributed by atoms with Gasteiger partial charge in [-0.3, -0.25) is 9.59 Å². The highest BCUT2D eigenvalue weighted by Gasteiger charge is 2.80. The number of carbonyl (C=O) groups is 2. The van der Waals surface area contributed by atoms with Gasteiger partial charge in [-0.15, -0.1) is 0 Å². The van der Waals surface area contributed by atoms with Crippen molar-refractivity contribution in [3.8, 4) is 51.2 Å². The number of nitrogens with zero attached hydrogens (tertiary/aromatic N) is 4. The van der Waals surface area contributed by atoms with E-state index in [4.69, 9.17) is 24.4 Å². The predicted molar refractivity (Wildman–Crippen MR) is 208 cm³/mol. The van der Waals surface area contributed by atoms with Crippen molar-refractivity contribution < 1.29 is 19.1 Å². The van der Waals surface area contributed by atoms with E-state index < -0.39 is 22.6 Å². The molecule has 0 N–H and O–H groups in total. The van der Waals surface area contributed by atoms with Crippen LogP contribution in [0.4, 0.5) is 5.95 Å². The minimum Gasteiger partial charge on any atom is -0.461 e. The highest BCUT2D eigenvalue weighted by atomic mass is 16.5. The number of hydrogen-bond acceptors (Lipinski definition) is 7. The zero-order chi connectivity index (χ0) is 36.5. The summed E-state index contributed by atoms with van der Waals surface area (Å²) in [6.07, 6.45) is 5.40. The first-order valence-corrected chi connectivity index (χ1v) is 18.4. The van der Waals surface area contributed by atoms with Crippen LogP contribution in [0.25, 0.3) is 44.7 Å². The van der Waals surface area contributed by atoms with Gasteiger partial charge in [0.25, 0.3) is 11.8 Å². The number of imide groups is 1. The van der Waals surface area contributed by atoms with Crippen LogP contribution in [0.1, 0.15) is 29.5 Å². The number of hydrogen-bond donors (Lipinski definition) is 0. The topological polar surface area (TPSA) is 94.5 Å². The van der Waals surface area contributed by atoms with Crippen LogP contribution < -0.4 is 14.4 Å². The Labute approximate surface area is 315 Å². The van der Waals surface area contributed by atoms with Crippen molar-refractivity contribution in [2.45, 2.75) is 23.7 Å². The summed E-state index contributed by atoms with van der Waals surface area (Å²) in [5.41, 5.74) is 3.08. The Morgan fingerprint density at radius 1 is 0.564 bits per heavy atom. The lowest BCUT2D eigenvalue weighted by Gasteiger charge is -2.44. The monoisotopic (exact) mass is 712 g/mol. The van der Waals surface area contributed by atoms with Gasteiger partial charge < -0.3 is 9.47 Å². The molecule has 2 amide bonds. The summed E-state index contributed by atoms with van der Waals surface area (Å²) in [6.45, 7) is 0. The molecule has 1 saturated heterocycles. The fourth-order valence-corrected chi connectivity index (χ4v) is 9.70. The molecule has 2 atom stereocenters. The number of anilines is 1. The molecule has 2 unspecified atom stereocenters. The quantitative estimate of drug-likeness (QED) is 0.168. The van der Waals surface area contributed by atoms with E-state index in [2.05, 4.69) is 18.2 Å². The molecule has 0 saturated carbocycles. The molecular weight excluding hydrogens is 685 g/mol. The van der Waals surface area contributed by atoms with Gasteiger partial charge in [0.05, 0.1) is 0 Å². The first-order chi connectivity index (χ1) is 27.1. The normalized spacial score (nSPS) is 20.9. The molecule has 8 nitrogen and oxygen atoms in total. The highest BCUT2D eigenvalue weighted by molar-refractivity contribution is 6.36. The van der Waals surface area contributed by atoms with Crippen molar-refractivity contribution in [2.24, 2.45) is 0 Å². The average molecular weight is 713 g/mol. The molecule has 1 aromatic heterocycles. The maximum atomic E-state index is 16.2. The van der Waals surface area contributed by atoms with E-state index in [9.17, 15) is 0 Å². The van der Waals surface area contributed by atoms with Gasteiger partial charge in [-0.25, -0.2) is 9.88 Å². The van der Waals surface area contributed by atoms with Gasteiger partial charge in [0.2, 0.25) is 5.95 Å². The van der Waals surface area contributed by atoms with Crippen LogP contribution in [0.15, 0.2) is 157 Å². The molecule has 1 fully saturated rings. The molecule has 2 aliphatic carbocycles. The fourth-order valence-electron chi connectivity index (χ4n) is 9.70. The Morgan fingerprint density at radius 2 is 1.20 bits per heavy atom. The van der Waals surface area contributed by atoms with Crippen molar-refractivity contribution >= 4 is 28.5 Å². The van der Waals surface area contributed by atoms with Gasteiger partial charge in [0.1, 0.15) is 33.8 Å². The molecule has 5 aliphatic rings. The Kier molecular flexibility index (Phi) is 5.89. The zero-order valence-electron chi connectivity index (χ0n) is 29.2. The van der Waals surface area contributed by atoms with Gasteiger partial charge in [-0.1, -0.05) is 121 Å². The van der Waals surface area contributed by atoms with Crippen LogP contribution in [0.3, 0.4) is 0 Å². The number of amides is 2. The smallest absolute Gasteiger partial charge is 0.253 e. The largest absolute Gasteiger partial charge is 0.461 e. The van der Waals surface area contributed by atoms with Crippen molar-refractivity contribution in [1.82, 2.24) is 15.0 Å². The van der Waals surface area contributed by atoms with Crippen molar-refractivity contribution in [1.29, 1.82) is 0 Å². The molecule has 6 aromatic carbocycles. The average Bonchev–Trinajstić information content (AvgIpc) is 3.65. The Morgan fingerprint density at radius 3 is 2.00 bits per heavy atom. The molecule has 3 aliphatic heterocycles. The van der Waals surface area contributed by atoms with Crippen LogP contribution in [0.5, 0.6) is 17.2 Å². The van der Waals surface area contributed by atoms with Crippen LogP contribution in [0, 0.1) is 0 Å². The van der Waals surface area contributed by atoms with Crippen LogP contribution in [-0.2, 0) is 20.4 Å². The van der Waals surface area contributed by atoms with Gasteiger partial charge in [-0.05, 0) is 52.6 Å². The fraction of sp³-hybridized carbons (Fsp3) is 0.0851. The molecule has 260 valence electrons. The summed E-state index contributed by atoms with van der Waals surface area (Å²) in [5.74, 6) is 2.11. The first-order valence-electron chi connectivity index (χ1n) is 18.4. The first kappa shape index (κ1) is 30.3. The van der Waals surface area contributed by atoms with Gasteiger partial charge >= 0.3 is 0 Å². The third-order valence-corrected chi connectivity index (χ3v) is 11.8. The van der Waals surface area contributed by atoms with Crippen molar-refractivity contribution in [2.75, 3.05) is 4.90 Å². The molecule has 0 radical (unpaired) electrons. The zero-order valence-corrected chi connectivity index (χ0v) is 29.2. The minimum atomic E-state index is -1.54. The summed E-state index contributed by atoms with van der Waals surface area (Å²) >= 11 is 0. The molecule has 2 spiro atoms. The second kappa shape index (κ2) is 10.7. The van der Waals surface area contributed by atoms with E-state index in [1.807, 2.05) is 127 Å². The van der Waals surface area contributed by atoms with Gasteiger partial charge in [0, 0.05) is 39.8 Å². The lowest BCUT2D eigenvalue weighted by atomic mass is 9.54. The van der Waals surface area contributed by atoms with E-state index in [1.54, 1.807) is 0 Å². The second-order valence-corrected chi connectivity index (χ2v) is 14.5. The maximum absolute atomic E-state index is 16.2. The lowest BCUT2D eigenvalue weighted by Crippen LogP contribution is -2.53. The third-order valence-electron chi connectivity index (χ3n) is 11.8. The molecule has 12 rings (SSSR count). The lowest BCUT2D eigenvalue weighted by molar-refractivity contribution is -0.122. The predicted octanol–water partition coefficient (Wildman–Crippen LogP) is 9.24. The van der Waals surface area contributed by atoms with E-state index in [0.29, 0.717) is 63.3 Å². The van der Waals surface area contributed by atoms with Crippen LogP contribution in [-0.4, -0.2) is 26.8 Å². The summed E-state index contributed by atoms with van der Waals surface area (Å²) in [4.78, 5) is 48.5. The number of rotatable bonds is 4. The third kappa shape index (κ3) is 3.68. The van der Waals surface area contributed by atoms with Crippen molar-refractivity contribution in [3.63, 3.8) is 0 Å². The molecule has 0 bridgehead atoms. The number of ether oxygens (including phenoxy) is 2. The van der Waals surface area contributed by atoms with Gasteiger partial charge in [0.15, 0.2) is 11.6 Å². The highest BCUT2D eigenvalue weighted by Crippen LogP contribution is 2.73. The minimum absolute atomic E-state index is 0.0349. The standard InChI is InChI=1S/C47H28N4O4/c52-43-46-32-18-7-9-20-34(32)54-36-24-22-28-23-25-37-40(38(28)39(36)46)47(46,33-19-8-10-21-35(33)55-37)44(53)51(43)45-49-41(29-14-5-2-6-15-29)48-42(50-45)31-17-11-16-30(26-31)27-12-3-1-4-13-27/h1-9,11-20,22-26H,10,21H2. The van der Waals surface area contributed by atoms with Gasteiger partial charge in [-0.2, -0.15) is 9.97 Å². The SMILES string of the molecule is O=C1N(c2nc(-c3ccccc3)nc(-c3cccc(-c4ccccc4)c3)n2)C(=O)C23c4ccccc4Oc4ccc5ccc6c(c5c42)C13C1=C(CCC=C1)O6. The summed E-state index contributed by atoms with van der Waals surface area (Å²) in [5, 5.41) is 1.72. The van der Waals surface area contributed by atoms with Crippen molar-refractivity contribution in [3.05, 3.63) is 174 Å². The number of carbonyl (C=O) groups excluding carboxylic acids is 2. The van der Waals surface area contributed by atoms with E-state index >= 15 is 9.59 Å². The molecule has 55 heavy (non-hydrogen) atoms. The maximum Gasteiger partial charge on any atom is 0.253 e. The molecule has 8 heteroatoms. The van der Waals surface area contributed by atoms with E-state index in [0.717, 1.165) is 39.4 Å². The van der Waals surface area contributed by atoms with E-state index in [1.165, 1.54) is 4.90 Å². The second-order valence-electron chi connectivity index (χ2n) is 14.5. The van der Waals surface area contributed by atoms with Crippen LogP contribution >= 0.6 is 0 Å². The summed E-state index contributed by atoms with van der Waals surface area (Å²) < 4.78 is 13.3. The Bertz CT molecular complexity index is 2940. The molecular formula is C47H28N4O4. The Hall–Kier alpha value is -7.19. The number of para-hydroxylation sites is 1. The number of aromatic nitrogens is 3. The van der Waals surface area contributed by atoms with E-state index in [-0.39, 0.29) is 5.95 Å². The summed E-state index contributed by atoms with van der Waals surface area (Å²) in [6, 6.07) is 43.0. The number of benzene rings is 6. The molecule has 4 heterocycles. The summed E-state index contributed by atoms with van der Waals surface area (Å²) in [7, 11) is 0. The Balaban J connectivity index is 1.16. The van der Waals surface area contributed by atoms with Crippen LogP contribution in [0.2, 0.25) is 0 Å².